The van der Waals surface area contributed by atoms with Gasteiger partial charge in [0.2, 0.25) is 0 Å². The van der Waals surface area contributed by atoms with Gasteiger partial charge in [-0.1, -0.05) is 347 Å². The van der Waals surface area contributed by atoms with Gasteiger partial charge in [-0.05, 0) is 25.7 Å². The second-order valence-corrected chi connectivity index (χ2v) is 28.7. The molecule has 4 N–H and O–H groups in total. The second-order valence-electron chi connectivity index (χ2n) is 25.3. The smallest absolute Gasteiger partial charge is 0.328 e. The molecule has 1 fully saturated rings. The lowest BCUT2D eigenvalue weighted by Crippen LogP contribution is -2.25. The monoisotopic (exact) mass is 1180 g/mol. The molecule has 0 aromatic heterocycles. The van der Waals surface area contributed by atoms with Crippen LogP contribution < -0.4 is 0 Å². The molecule has 0 aromatic carbocycles. The molecule has 0 amide bonds. The highest BCUT2D eigenvalue weighted by molar-refractivity contribution is 7.52. The number of hydrogen-bond donors (Lipinski definition) is 4. The van der Waals surface area contributed by atoms with Crippen molar-refractivity contribution in [2.45, 2.75) is 385 Å². The van der Waals surface area contributed by atoms with Crippen molar-refractivity contribution in [1.29, 1.82) is 0 Å². The lowest BCUT2D eigenvalue weighted by atomic mass is 10.0. The van der Waals surface area contributed by atoms with Crippen molar-refractivity contribution in [2.24, 2.45) is 0 Å². The van der Waals surface area contributed by atoms with Gasteiger partial charge < -0.3 is 38.5 Å². The van der Waals surface area contributed by atoms with Gasteiger partial charge in [-0.3, -0.25) is 9.13 Å². The molecule has 0 saturated carbocycles. The van der Waals surface area contributed by atoms with Crippen molar-refractivity contribution < 1.29 is 47.7 Å². The number of rotatable bonds is 4. The summed E-state index contributed by atoms with van der Waals surface area (Å²) < 4.78 is 47.1. The van der Waals surface area contributed by atoms with Gasteiger partial charge in [0.15, 0.2) is 0 Å². The first-order chi connectivity index (χ1) is 39.2. The molecule has 1 aliphatic rings. The predicted octanol–water partition coefficient (Wildman–Crippen LogP) is 21.8. The molecular weight excluding hydrogens is 1040 g/mol. The second kappa shape index (κ2) is 62.2. The van der Waals surface area contributed by atoms with Crippen molar-refractivity contribution in [3.05, 3.63) is 0 Å². The zero-order valence-electron chi connectivity index (χ0n) is 53.0. The van der Waals surface area contributed by atoms with Crippen molar-refractivity contribution in [3.8, 4) is 0 Å². The number of hydrogen-bond acceptors (Lipinski definition) is 6. The Morgan fingerprint density at radius 3 is 0.475 bits per heavy atom. The topological polar surface area (TPSA) is 152 Å². The molecule has 1 unspecified atom stereocenters. The first-order valence-electron chi connectivity index (χ1n) is 35.6. The van der Waals surface area contributed by atoms with Gasteiger partial charge in [0.25, 0.3) is 0 Å². The van der Waals surface area contributed by atoms with E-state index in [9.17, 15) is 28.7 Å². The molecule has 0 aromatic rings. The normalized spacial score (nSPS) is 24.8. The van der Waals surface area contributed by atoms with E-state index in [2.05, 4.69) is 0 Å². The van der Waals surface area contributed by atoms with Gasteiger partial charge in [0.05, 0.1) is 37.7 Å². The first kappa shape index (κ1) is 78.2. The van der Waals surface area contributed by atoms with Crippen LogP contribution in [0.2, 0.25) is 0 Å². The fourth-order valence-corrected chi connectivity index (χ4v) is 13.4. The van der Waals surface area contributed by atoms with Gasteiger partial charge in [-0.2, -0.15) is 0 Å². The van der Waals surface area contributed by atoms with Crippen LogP contribution in [0, 0.1) is 0 Å². The maximum absolute atomic E-state index is 11.8. The summed E-state index contributed by atoms with van der Waals surface area (Å²) in [6.07, 6.45) is 75.1. The molecule has 1 heterocycles. The summed E-state index contributed by atoms with van der Waals surface area (Å²) in [6.45, 7) is 2.92. The zero-order chi connectivity index (χ0) is 57.7. The minimum absolute atomic E-state index is 0.255. The Morgan fingerprint density at radius 2 is 0.338 bits per heavy atom. The fourth-order valence-electron chi connectivity index (χ4n) is 11.9. The molecule has 1 aliphatic heterocycles. The zero-order valence-corrected chi connectivity index (χ0v) is 54.7. The van der Waals surface area contributed by atoms with Crippen LogP contribution in [0.3, 0.4) is 0 Å². The van der Waals surface area contributed by atoms with Gasteiger partial charge in [-0.15, -0.1) is 0 Å². The minimum atomic E-state index is -4.15. The lowest BCUT2D eigenvalue weighted by Gasteiger charge is -2.19. The largest absolute Gasteiger partial charge is 0.379 e. The van der Waals surface area contributed by atoms with E-state index < -0.39 is 27.4 Å². The van der Waals surface area contributed by atoms with Crippen molar-refractivity contribution in [2.75, 3.05) is 52.0 Å². The Labute approximate surface area is 497 Å². The Morgan fingerprint density at radius 1 is 0.212 bits per heavy atom. The van der Waals surface area contributed by atoms with Crippen molar-refractivity contribution in [3.63, 3.8) is 0 Å². The predicted molar refractivity (Wildman–Crippen MR) is 343 cm³/mol. The van der Waals surface area contributed by atoms with Crippen LogP contribution in [0.25, 0.3) is 0 Å². The molecule has 480 valence electrons. The van der Waals surface area contributed by atoms with Crippen LogP contribution >= 0.6 is 15.2 Å². The minimum Gasteiger partial charge on any atom is -0.379 e. The molecule has 12 heteroatoms. The van der Waals surface area contributed by atoms with Crippen molar-refractivity contribution in [1.82, 2.24) is 0 Å². The highest BCUT2D eigenvalue weighted by atomic mass is 31.2. The third-order valence-electron chi connectivity index (χ3n) is 17.1. The molecular formula is C68H138O10P2. The summed E-state index contributed by atoms with van der Waals surface area (Å²) in [7, 11) is -8.30. The Bertz CT molecular complexity index is 1200. The van der Waals surface area contributed by atoms with E-state index in [0.29, 0.717) is 26.4 Å². The maximum Gasteiger partial charge on any atom is 0.328 e. The molecule has 0 radical (unpaired) electrons. The SMILES string of the molecule is O=P(O)(O)CC1COCCCCCCCCCCCCCCCCCCCCCCCCCCCCCCO[C@H](CP(=O)(O)O)COCCCCCCCCCCCCCCCCCCCCCCCCCCCCCCCCO1. The fraction of sp³-hybridized carbons (Fsp3) is 1.00. The van der Waals surface area contributed by atoms with Gasteiger partial charge in [0, 0.05) is 26.4 Å². The van der Waals surface area contributed by atoms with Crippen LogP contribution in [0.4, 0.5) is 0 Å². The third kappa shape index (κ3) is 65.7. The van der Waals surface area contributed by atoms with Gasteiger partial charge in [0.1, 0.15) is 0 Å². The summed E-state index contributed by atoms with van der Waals surface area (Å²) in [5.41, 5.74) is 0. The van der Waals surface area contributed by atoms with E-state index >= 15 is 0 Å². The lowest BCUT2D eigenvalue weighted by molar-refractivity contribution is -0.00900. The molecule has 0 spiro atoms. The quantitative estimate of drug-likeness (QED) is 0.200. The third-order valence-corrected chi connectivity index (χ3v) is 18.8. The Balaban J connectivity index is 2.23. The molecule has 2 atom stereocenters. The highest BCUT2D eigenvalue weighted by Crippen LogP contribution is 2.37. The Kier molecular flexibility index (Phi) is 60.8. The average molecular weight is 1180 g/mol. The molecule has 80 heavy (non-hydrogen) atoms. The van der Waals surface area contributed by atoms with E-state index in [-0.39, 0.29) is 25.5 Å². The molecule has 0 bridgehead atoms. The van der Waals surface area contributed by atoms with Crippen LogP contribution in [0.5, 0.6) is 0 Å². The van der Waals surface area contributed by atoms with E-state index in [0.717, 1.165) is 51.4 Å². The molecule has 10 nitrogen and oxygen atoms in total. The molecule has 0 aliphatic carbocycles. The highest BCUT2D eigenvalue weighted by Gasteiger charge is 2.23. The van der Waals surface area contributed by atoms with Crippen LogP contribution in [-0.4, -0.2) is 83.7 Å². The van der Waals surface area contributed by atoms with E-state index in [4.69, 9.17) is 18.9 Å². The standard InChI is InChI=1S/C68H138O10P2/c69-79(70,71)65-67-64-76-60-56-52-48-44-40-36-32-28-24-20-16-12-8-5-6-10-14-18-22-26-30-34-38-42-46-50-54-58-62-78-68(66-80(72,73)74)63-75-59-55-51-47-43-39-35-31-27-23-19-15-11-7-3-1-2-4-9-13-17-21-25-29-33-37-41-45-49-53-57-61-77-67/h67-68H,1-66H2,(H2,69,70,71)(H2,72,73,74)/t67?,68-/m0/s1. The summed E-state index contributed by atoms with van der Waals surface area (Å²) in [5.74, 6) is 0. The summed E-state index contributed by atoms with van der Waals surface area (Å²) >= 11 is 0. The molecule has 1 saturated heterocycles. The van der Waals surface area contributed by atoms with Crippen LogP contribution in [0.15, 0.2) is 0 Å². The summed E-state index contributed by atoms with van der Waals surface area (Å²) in [6, 6.07) is 0. The van der Waals surface area contributed by atoms with E-state index in [1.54, 1.807) is 0 Å². The van der Waals surface area contributed by atoms with Gasteiger partial charge >= 0.3 is 15.2 Å². The van der Waals surface area contributed by atoms with E-state index in [1.807, 2.05) is 0 Å². The maximum atomic E-state index is 11.8. The molecule has 1 rings (SSSR count). The van der Waals surface area contributed by atoms with Crippen LogP contribution in [0.1, 0.15) is 372 Å². The first-order valence-corrected chi connectivity index (χ1v) is 39.2. The summed E-state index contributed by atoms with van der Waals surface area (Å²) in [5, 5.41) is 0. The van der Waals surface area contributed by atoms with Gasteiger partial charge in [-0.25, -0.2) is 0 Å². The summed E-state index contributed by atoms with van der Waals surface area (Å²) in [4.78, 5) is 38.4. The Hall–Kier alpha value is 0.140. The van der Waals surface area contributed by atoms with Crippen LogP contribution in [-0.2, 0) is 28.1 Å². The van der Waals surface area contributed by atoms with Crippen molar-refractivity contribution >= 4 is 15.2 Å². The van der Waals surface area contributed by atoms with E-state index in [1.165, 1.54) is 321 Å². The average Bonchev–Trinajstić information content (AvgIpc) is 3.42. The number of ether oxygens (including phenoxy) is 4.